The van der Waals surface area contributed by atoms with Gasteiger partial charge in [0.15, 0.2) is 0 Å². The van der Waals surface area contributed by atoms with E-state index in [1.165, 1.54) is 6.42 Å². The highest BCUT2D eigenvalue weighted by Gasteiger charge is 2.31. The molecule has 1 saturated carbocycles. The minimum absolute atomic E-state index is 0.0184. The van der Waals surface area contributed by atoms with Crippen molar-refractivity contribution in [2.45, 2.75) is 65.3 Å². The standard InChI is InChI=1S/C14H29NO3S/c1-14(2,3)9-12-19(17,18)15(10-11-16)13-7-5-4-6-8-13/h13,16H,4-12H2,1-3H3. The van der Waals surface area contributed by atoms with E-state index in [0.717, 1.165) is 25.7 Å². The number of hydrogen-bond donors (Lipinski definition) is 1. The third-order valence-corrected chi connectivity index (χ3v) is 5.69. The first-order valence-electron chi connectivity index (χ1n) is 7.37. The molecule has 1 aliphatic carbocycles. The van der Waals surface area contributed by atoms with Crippen molar-refractivity contribution in [1.82, 2.24) is 4.31 Å². The molecule has 0 spiro atoms. The largest absolute Gasteiger partial charge is 0.395 e. The van der Waals surface area contributed by atoms with Gasteiger partial charge in [-0.25, -0.2) is 8.42 Å². The summed E-state index contributed by atoms with van der Waals surface area (Å²) in [4.78, 5) is 0. The number of aliphatic hydroxyl groups excluding tert-OH is 1. The van der Waals surface area contributed by atoms with Crippen molar-refractivity contribution >= 4 is 10.0 Å². The van der Waals surface area contributed by atoms with Gasteiger partial charge >= 0.3 is 0 Å². The zero-order valence-corrected chi connectivity index (χ0v) is 13.4. The van der Waals surface area contributed by atoms with E-state index in [9.17, 15) is 8.42 Å². The molecule has 0 unspecified atom stereocenters. The first-order chi connectivity index (χ1) is 8.76. The number of rotatable bonds is 6. The van der Waals surface area contributed by atoms with Crippen molar-refractivity contribution in [3.63, 3.8) is 0 Å². The van der Waals surface area contributed by atoms with Crippen LogP contribution in [-0.4, -0.2) is 42.8 Å². The van der Waals surface area contributed by atoms with E-state index in [1.807, 2.05) is 0 Å². The summed E-state index contributed by atoms with van der Waals surface area (Å²) in [5.74, 6) is 0.188. The molecule has 0 aromatic carbocycles. The summed E-state index contributed by atoms with van der Waals surface area (Å²) in [6.07, 6.45) is 5.93. The van der Waals surface area contributed by atoms with Crippen LogP contribution in [0.2, 0.25) is 0 Å². The molecule has 0 heterocycles. The molecule has 114 valence electrons. The predicted octanol–water partition coefficient (Wildman–Crippen LogP) is 2.38. The second-order valence-corrected chi connectivity index (χ2v) is 8.79. The van der Waals surface area contributed by atoms with Crippen LogP contribution in [0.3, 0.4) is 0 Å². The van der Waals surface area contributed by atoms with Gasteiger partial charge in [0.05, 0.1) is 12.4 Å². The molecule has 0 aromatic rings. The molecule has 0 bridgehead atoms. The Bertz CT molecular complexity index is 353. The summed E-state index contributed by atoms with van der Waals surface area (Å²) >= 11 is 0. The fourth-order valence-electron chi connectivity index (χ4n) is 2.57. The summed E-state index contributed by atoms with van der Waals surface area (Å²) in [6.45, 7) is 6.32. The predicted molar refractivity (Wildman–Crippen MR) is 78.5 cm³/mol. The zero-order valence-electron chi connectivity index (χ0n) is 12.6. The molecule has 4 nitrogen and oxygen atoms in total. The van der Waals surface area contributed by atoms with Gasteiger partial charge in [-0.1, -0.05) is 40.0 Å². The Morgan fingerprint density at radius 3 is 2.21 bits per heavy atom. The lowest BCUT2D eigenvalue weighted by molar-refractivity contribution is 0.198. The van der Waals surface area contributed by atoms with Gasteiger partial charge in [0.2, 0.25) is 10.0 Å². The molecule has 5 heteroatoms. The Hall–Kier alpha value is -0.130. The van der Waals surface area contributed by atoms with Gasteiger partial charge < -0.3 is 5.11 Å². The van der Waals surface area contributed by atoms with Crippen LogP contribution >= 0.6 is 0 Å². The quantitative estimate of drug-likeness (QED) is 0.817. The average molecular weight is 291 g/mol. The summed E-state index contributed by atoms with van der Waals surface area (Å²) in [7, 11) is -3.24. The van der Waals surface area contributed by atoms with Crippen molar-refractivity contribution in [3.8, 4) is 0 Å². The second kappa shape index (κ2) is 7.04. The molecule has 1 rings (SSSR count). The van der Waals surface area contributed by atoms with E-state index in [2.05, 4.69) is 20.8 Å². The minimum atomic E-state index is -3.24. The molecular weight excluding hydrogens is 262 g/mol. The highest BCUT2D eigenvalue weighted by atomic mass is 32.2. The molecule has 1 fully saturated rings. The normalized spacial score (nSPS) is 19.0. The van der Waals surface area contributed by atoms with Gasteiger partial charge in [0.25, 0.3) is 0 Å². The van der Waals surface area contributed by atoms with E-state index in [-0.39, 0.29) is 30.4 Å². The Morgan fingerprint density at radius 2 is 1.74 bits per heavy atom. The van der Waals surface area contributed by atoms with Gasteiger partial charge in [0.1, 0.15) is 0 Å². The first-order valence-corrected chi connectivity index (χ1v) is 8.97. The van der Waals surface area contributed by atoms with Crippen molar-refractivity contribution < 1.29 is 13.5 Å². The van der Waals surface area contributed by atoms with Crippen LogP contribution < -0.4 is 0 Å². The van der Waals surface area contributed by atoms with Gasteiger partial charge in [-0.3, -0.25) is 0 Å². The highest BCUT2D eigenvalue weighted by Crippen LogP contribution is 2.26. The number of aliphatic hydroxyl groups is 1. The van der Waals surface area contributed by atoms with E-state index >= 15 is 0 Å². The molecule has 0 aromatic heterocycles. The van der Waals surface area contributed by atoms with Gasteiger partial charge in [-0.2, -0.15) is 4.31 Å². The van der Waals surface area contributed by atoms with Crippen molar-refractivity contribution in [1.29, 1.82) is 0 Å². The average Bonchev–Trinajstić information content (AvgIpc) is 2.34. The van der Waals surface area contributed by atoms with Gasteiger partial charge in [-0.15, -0.1) is 0 Å². The van der Waals surface area contributed by atoms with Crippen LogP contribution in [0.25, 0.3) is 0 Å². The Morgan fingerprint density at radius 1 is 1.16 bits per heavy atom. The van der Waals surface area contributed by atoms with Gasteiger partial charge in [-0.05, 0) is 24.7 Å². The maximum Gasteiger partial charge on any atom is 0.214 e. The van der Waals surface area contributed by atoms with Crippen LogP contribution in [0.15, 0.2) is 0 Å². The Balaban J connectivity index is 2.72. The maximum atomic E-state index is 12.5. The molecule has 0 radical (unpaired) electrons. The molecule has 19 heavy (non-hydrogen) atoms. The number of hydrogen-bond acceptors (Lipinski definition) is 3. The van der Waals surface area contributed by atoms with E-state index < -0.39 is 10.0 Å². The lowest BCUT2D eigenvalue weighted by Crippen LogP contribution is -2.44. The molecule has 0 atom stereocenters. The van der Waals surface area contributed by atoms with Crippen molar-refractivity contribution in [2.75, 3.05) is 18.9 Å². The van der Waals surface area contributed by atoms with Gasteiger partial charge in [0, 0.05) is 12.6 Å². The molecular formula is C14H29NO3S. The first kappa shape index (κ1) is 16.9. The smallest absolute Gasteiger partial charge is 0.214 e. The monoisotopic (exact) mass is 291 g/mol. The van der Waals surface area contributed by atoms with Crippen LogP contribution in [0.5, 0.6) is 0 Å². The minimum Gasteiger partial charge on any atom is -0.395 e. The summed E-state index contributed by atoms with van der Waals surface area (Å²) in [6, 6.07) is 0.103. The lowest BCUT2D eigenvalue weighted by Gasteiger charge is -2.33. The van der Waals surface area contributed by atoms with Crippen LogP contribution in [0.1, 0.15) is 59.3 Å². The zero-order chi connectivity index (χ0) is 14.5. The molecule has 1 N–H and O–H groups in total. The molecule has 0 saturated heterocycles. The van der Waals surface area contributed by atoms with Crippen molar-refractivity contribution in [2.24, 2.45) is 5.41 Å². The molecule has 1 aliphatic rings. The third-order valence-electron chi connectivity index (χ3n) is 3.77. The second-order valence-electron chi connectivity index (χ2n) is 6.75. The fourth-order valence-corrected chi connectivity index (χ4v) is 4.70. The molecule has 0 aliphatic heterocycles. The summed E-state index contributed by atoms with van der Waals surface area (Å²) in [5, 5.41) is 9.15. The third kappa shape index (κ3) is 5.79. The SMILES string of the molecule is CC(C)(C)CCS(=O)(=O)N(CCO)C1CCCCC1. The lowest BCUT2D eigenvalue weighted by atomic mass is 9.94. The number of sulfonamides is 1. The Labute approximate surface area is 118 Å². The highest BCUT2D eigenvalue weighted by molar-refractivity contribution is 7.89. The van der Waals surface area contributed by atoms with Crippen LogP contribution in [-0.2, 0) is 10.0 Å². The Kier molecular flexibility index (Phi) is 6.27. The molecule has 0 amide bonds. The van der Waals surface area contributed by atoms with Crippen LogP contribution in [0, 0.1) is 5.41 Å². The summed E-state index contributed by atoms with van der Waals surface area (Å²) < 4.78 is 26.5. The van der Waals surface area contributed by atoms with E-state index in [4.69, 9.17) is 5.11 Å². The van der Waals surface area contributed by atoms with E-state index in [0.29, 0.717) is 6.42 Å². The summed E-state index contributed by atoms with van der Waals surface area (Å²) in [5.41, 5.74) is 0.0184. The maximum absolute atomic E-state index is 12.5. The van der Waals surface area contributed by atoms with E-state index in [1.54, 1.807) is 4.31 Å². The number of nitrogens with zero attached hydrogens (tertiary/aromatic N) is 1. The topological polar surface area (TPSA) is 57.6 Å². The fraction of sp³-hybridized carbons (Fsp3) is 1.00. The van der Waals surface area contributed by atoms with Crippen LogP contribution in [0.4, 0.5) is 0 Å². The van der Waals surface area contributed by atoms with Crippen molar-refractivity contribution in [3.05, 3.63) is 0 Å².